The highest BCUT2D eigenvalue weighted by atomic mass is 35.5. The van der Waals surface area contributed by atoms with Crippen LogP contribution in [0.5, 0.6) is 5.75 Å². The summed E-state index contributed by atoms with van der Waals surface area (Å²) >= 11 is 5.86. The number of ether oxygens (including phenoxy) is 1. The normalized spacial score (nSPS) is 25.8. The maximum Gasteiger partial charge on any atom is 0.137 e. The van der Waals surface area contributed by atoms with Gasteiger partial charge in [0.15, 0.2) is 0 Å². The molecule has 1 heterocycles. The second-order valence-electron chi connectivity index (χ2n) is 5.15. The molecule has 0 bridgehead atoms. The standard InChI is InChI=1S/C14H16ClN3O2/c15-11-3-5-12(6-4-11)20-13-2-1-7-14(13,19)8-18-10-16-9-17-18/h3-6,9-10,13,19H,1-2,7-8H2/t13-,14+/m1/s1. The van der Waals surface area contributed by atoms with Gasteiger partial charge in [-0.05, 0) is 43.5 Å². The van der Waals surface area contributed by atoms with E-state index in [-0.39, 0.29) is 6.10 Å². The summed E-state index contributed by atoms with van der Waals surface area (Å²) in [4.78, 5) is 3.90. The second-order valence-corrected chi connectivity index (χ2v) is 5.59. The maximum atomic E-state index is 10.8. The fourth-order valence-corrected chi connectivity index (χ4v) is 2.77. The Hall–Kier alpha value is -1.59. The van der Waals surface area contributed by atoms with E-state index < -0.39 is 5.60 Å². The van der Waals surface area contributed by atoms with E-state index in [1.807, 2.05) is 12.1 Å². The Labute approximate surface area is 122 Å². The number of aliphatic hydroxyl groups is 1. The van der Waals surface area contributed by atoms with Crippen molar-refractivity contribution in [1.82, 2.24) is 14.8 Å². The van der Waals surface area contributed by atoms with E-state index in [2.05, 4.69) is 10.1 Å². The minimum absolute atomic E-state index is 0.243. The molecule has 2 atom stereocenters. The summed E-state index contributed by atoms with van der Waals surface area (Å²) in [5.74, 6) is 0.721. The third kappa shape index (κ3) is 2.78. The summed E-state index contributed by atoms with van der Waals surface area (Å²) in [5.41, 5.74) is -0.909. The van der Waals surface area contributed by atoms with Crippen LogP contribution in [0.3, 0.4) is 0 Å². The van der Waals surface area contributed by atoms with Crippen molar-refractivity contribution in [2.24, 2.45) is 0 Å². The smallest absolute Gasteiger partial charge is 0.137 e. The first kappa shape index (κ1) is 13.4. The Kier molecular flexibility index (Phi) is 3.63. The van der Waals surface area contributed by atoms with Gasteiger partial charge in [-0.3, -0.25) is 0 Å². The van der Waals surface area contributed by atoms with Crippen molar-refractivity contribution in [2.75, 3.05) is 0 Å². The largest absolute Gasteiger partial charge is 0.487 e. The molecule has 1 aliphatic carbocycles. The molecule has 3 rings (SSSR count). The highest BCUT2D eigenvalue weighted by molar-refractivity contribution is 6.30. The van der Waals surface area contributed by atoms with Crippen molar-refractivity contribution in [3.05, 3.63) is 41.9 Å². The van der Waals surface area contributed by atoms with E-state index in [0.717, 1.165) is 18.6 Å². The summed E-state index contributed by atoms with van der Waals surface area (Å²) in [6.07, 6.45) is 5.29. The van der Waals surface area contributed by atoms with E-state index >= 15 is 0 Å². The van der Waals surface area contributed by atoms with Crippen LogP contribution in [0.1, 0.15) is 19.3 Å². The molecule has 20 heavy (non-hydrogen) atoms. The summed E-state index contributed by atoms with van der Waals surface area (Å²) < 4.78 is 7.57. The SMILES string of the molecule is O[C@]1(Cn2cncn2)CCC[C@H]1Oc1ccc(Cl)cc1. The molecule has 5 nitrogen and oxygen atoms in total. The molecule has 1 aromatic heterocycles. The average Bonchev–Trinajstić information content (AvgIpc) is 3.04. The van der Waals surface area contributed by atoms with E-state index in [1.54, 1.807) is 23.1 Å². The monoisotopic (exact) mass is 293 g/mol. The molecule has 2 aromatic rings. The number of benzene rings is 1. The predicted octanol–water partition coefficient (Wildman–Crippen LogP) is 2.29. The van der Waals surface area contributed by atoms with Gasteiger partial charge in [-0.25, -0.2) is 9.67 Å². The third-order valence-corrected chi connectivity index (χ3v) is 3.92. The quantitative estimate of drug-likeness (QED) is 0.939. The van der Waals surface area contributed by atoms with Gasteiger partial charge < -0.3 is 9.84 Å². The Morgan fingerprint density at radius 2 is 2.20 bits per heavy atom. The lowest BCUT2D eigenvalue weighted by molar-refractivity contribution is -0.0545. The van der Waals surface area contributed by atoms with Crippen LogP contribution in [0.2, 0.25) is 5.02 Å². The molecule has 6 heteroatoms. The number of aromatic nitrogens is 3. The van der Waals surface area contributed by atoms with Crippen LogP contribution in [-0.4, -0.2) is 31.6 Å². The van der Waals surface area contributed by atoms with Gasteiger partial charge in [0.05, 0.1) is 6.54 Å². The van der Waals surface area contributed by atoms with E-state index in [0.29, 0.717) is 18.0 Å². The van der Waals surface area contributed by atoms with Crippen molar-refractivity contribution in [1.29, 1.82) is 0 Å². The molecule has 1 aromatic carbocycles. The lowest BCUT2D eigenvalue weighted by atomic mass is 10.00. The Morgan fingerprint density at radius 3 is 2.90 bits per heavy atom. The van der Waals surface area contributed by atoms with Gasteiger partial charge in [0, 0.05) is 5.02 Å². The van der Waals surface area contributed by atoms with Crippen molar-refractivity contribution < 1.29 is 9.84 Å². The average molecular weight is 294 g/mol. The second kappa shape index (κ2) is 5.42. The molecular formula is C14H16ClN3O2. The third-order valence-electron chi connectivity index (χ3n) is 3.67. The molecule has 0 saturated heterocycles. The van der Waals surface area contributed by atoms with Crippen LogP contribution in [0.15, 0.2) is 36.9 Å². The van der Waals surface area contributed by atoms with Gasteiger partial charge in [0.25, 0.3) is 0 Å². The van der Waals surface area contributed by atoms with Crippen LogP contribution in [0.25, 0.3) is 0 Å². The highest BCUT2D eigenvalue weighted by Gasteiger charge is 2.43. The van der Waals surface area contributed by atoms with Crippen molar-refractivity contribution in [2.45, 2.75) is 37.5 Å². The summed E-state index contributed by atoms with van der Waals surface area (Å²) in [5, 5.41) is 15.5. The summed E-state index contributed by atoms with van der Waals surface area (Å²) in [6, 6.07) is 7.19. The van der Waals surface area contributed by atoms with E-state index in [1.165, 1.54) is 6.33 Å². The minimum Gasteiger partial charge on any atom is -0.487 e. The minimum atomic E-state index is -0.909. The van der Waals surface area contributed by atoms with Gasteiger partial charge in [-0.2, -0.15) is 5.10 Å². The first-order chi connectivity index (χ1) is 9.66. The lowest BCUT2D eigenvalue weighted by Crippen LogP contribution is -2.45. The number of rotatable bonds is 4. The molecule has 1 fully saturated rings. The van der Waals surface area contributed by atoms with Gasteiger partial charge in [0.2, 0.25) is 0 Å². The first-order valence-corrected chi connectivity index (χ1v) is 7.00. The zero-order valence-corrected chi connectivity index (χ0v) is 11.7. The van der Waals surface area contributed by atoms with Gasteiger partial charge in [-0.1, -0.05) is 11.6 Å². The lowest BCUT2D eigenvalue weighted by Gasteiger charge is -2.30. The molecule has 1 saturated carbocycles. The Balaban J connectivity index is 1.73. The molecule has 1 N–H and O–H groups in total. The van der Waals surface area contributed by atoms with E-state index in [4.69, 9.17) is 16.3 Å². The highest BCUT2D eigenvalue weighted by Crippen LogP contribution is 2.34. The predicted molar refractivity (Wildman–Crippen MR) is 74.7 cm³/mol. The molecule has 0 amide bonds. The zero-order chi connectivity index (χ0) is 14.0. The fraction of sp³-hybridized carbons (Fsp3) is 0.429. The molecule has 0 spiro atoms. The van der Waals surface area contributed by atoms with Crippen LogP contribution >= 0.6 is 11.6 Å². The van der Waals surface area contributed by atoms with Crippen molar-refractivity contribution in [3.63, 3.8) is 0 Å². The Morgan fingerprint density at radius 1 is 1.40 bits per heavy atom. The molecular weight excluding hydrogens is 278 g/mol. The van der Waals surface area contributed by atoms with Crippen molar-refractivity contribution in [3.8, 4) is 5.75 Å². The number of hydrogen-bond donors (Lipinski definition) is 1. The molecule has 0 radical (unpaired) electrons. The van der Waals surface area contributed by atoms with Crippen molar-refractivity contribution >= 4 is 11.6 Å². The van der Waals surface area contributed by atoms with Gasteiger partial charge in [0.1, 0.15) is 30.1 Å². The van der Waals surface area contributed by atoms with Crippen LogP contribution in [0, 0.1) is 0 Å². The maximum absolute atomic E-state index is 10.8. The Bertz CT molecular complexity index is 558. The summed E-state index contributed by atoms with van der Waals surface area (Å²) in [6.45, 7) is 0.394. The summed E-state index contributed by atoms with van der Waals surface area (Å²) in [7, 11) is 0. The van der Waals surface area contributed by atoms with Gasteiger partial charge >= 0.3 is 0 Å². The number of nitrogens with zero attached hydrogens (tertiary/aromatic N) is 3. The molecule has 0 aliphatic heterocycles. The number of hydrogen-bond acceptors (Lipinski definition) is 4. The van der Waals surface area contributed by atoms with E-state index in [9.17, 15) is 5.11 Å². The number of halogens is 1. The molecule has 106 valence electrons. The van der Waals surface area contributed by atoms with Crippen LogP contribution in [0.4, 0.5) is 0 Å². The topological polar surface area (TPSA) is 60.2 Å². The molecule has 0 unspecified atom stereocenters. The fourth-order valence-electron chi connectivity index (χ4n) is 2.65. The molecule has 1 aliphatic rings. The zero-order valence-electron chi connectivity index (χ0n) is 10.9. The first-order valence-electron chi connectivity index (χ1n) is 6.63. The van der Waals surface area contributed by atoms with Crippen LogP contribution in [-0.2, 0) is 6.54 Å². The van der Waals surface area contributed by atoms with Crippen LogP contribution < -0.4 is 4.74 Å². The van der Waals surface area contributed by atoms with Gasteiger partial charge in [-0.15, -0.1) is 0 Å².